The lowest BCUT2D eigenvalue weighted by molar-refractivity contribution is -0.118. The number of amides is 1. The Morgan fingerprint density at radius 2 is 1.65 bits per heavy atom. The molecule has 3 aromatic carbocycles. The summed E-state index contributed by atoms with van der Waals surface area (Å²) in [4.78, 5) is 12.3. The van der Waals surface area contributed by atoms with Gasteiger partial charge in [-0.25, -0.2) is 5.43 Å². The summed E-state index contributed by atoms with van der Waals surface area (Å²) in [6.07, 6.45) is 1.65. The van der Waals surface area contributed by atoms with Crippen molar-refractivity contribution in [2.24, 2.45) is 5.10 Å². The van der Waals surface area contributed by atoms with E-state index in [2.05, 4.69) is 20.7 Å². The number of para-hydroxylation sites is 1. The van der Waals surface area contributed by atoms with Crippen LogP contribution in [0, 0.1) is 6.92 Å². The summed E-state index contributed by atoms with van der Waals surface area (Å²) in [6.45, 7) is 2.00. The molecule has 4 aromatic rings. The molecule has 0 aliphatic heterocycles. The number of rotatable bonds is 7. The van der Waals surface area contributed by atoms with Crippen LogP contribution in [0.2, 0.25) is 0 Å². The lowest BCUT2D eigenvalue weighted by Crippen LogP contribution is -2.20. The first kappa shape index (κ1) is 20.6. The first-order chi connectivity index (χ1) is 15.2. The largest absolute Gasteiger partial charge is 0.272 e. The van der Waals surface area contributed by atoms with E-state index < -0.39 is 0 Å². The van der Waals surface area contributed by atoms with Crippen molar-refractivity contribution >= 4 is 23.9 Å². The van der Waals surface area contributed by atoms with Crippen LogP contribution >= 0.6 is 11.8 Å². The Labute approximate surface area is 185 Å². The molecule has 0 saturated heterocycles. The van der Waals surface area contributed by atoms with Crippen LogP contribution in [-0.4, -0.2) is 32.6 Å². The van der Waals surface area contributed by atoms with Crippen LogP contribution in [0.5, 0.6) is 0 Å². The number of thioether (sulfide) groups is 1. The third-order valence-electron chi connectivity index (χ3n) is 4.59. The van der Waals surface area contributed by atoms with Crippen LogP contribution < -0.4 is 5.43 Å². The molecule has 0 saturated carbocycles. The van der Waals surface area contributed by atoms with Crippen LogP contribution in [0.15, 0.2) is 95.2 Å². The van der Waals surface area contributed by atoms with E-state index in [1.807, 2.05) is 96.4 Å². The highest BCUT2D eigenvalue weighted by Gasteiger charge is 2.16. The maximum absolute atomic E-state index is 12.3. The molecule has 0 aliphatic rings. The second-order valence-electron chi connectivity index (χ2n) is 6.78. The van der Waals surface area contributed by atoms with Gasteiger partial charge >= 0.3 is 0 Å². The minimum atomic E-state index is -0.210. The van der Waals surface area contributed by atoms with Crippen molar-refractivity contribution in [1.29, 1.82) is 0 Å². The summed E-state index contributed by atoms with van der Waals surface area (Å²) in [6, 6.07) is 27.6. The molecule has 1 amide bonds. The summed E-state index contributed by atoms with van der Waals surface area (Å²) in [5, 5.41) is 13.4. The van der Waals surface area contributed by atoms with Crippen LogP contribution in [0.25, 0.3) is 17.1 Å². The van der Waals surface area contributed by atoms with Crippen LogP contribution in [0.4, 0.5) is 0 Å². The monoisotopic (exact) mass is 427 g/mol. The predicted octanol–water partition coefficient (Wildman–Crippen LogP) is 4.49. The molecule has 1 N–H and O–H groups in total. The lowest BCUT2D eigenvalue weighted by atomic mass is 10.1. The van der Waals surface area contributed by atoms with Crippen LogP contribution in [0.1, 0.15) is 11.1 Å². The van der Waals surface area contributed by atoms with Crippen molar-refractivity contribution in [3.8, 4) is 17.1 Å². The van der Waals surface area contributed by atoms with E-state index in [-0.39, 0.29) is 11.7 Å². The number of hydrogen-bond donors (Lipinski definition) is 1. The number of nitrogens with zero attached hydrogens (tertiary/aromatic N) is 4. The Morgan fingerprint density at radius 3 is 2.39 bits per heavy atom. The normalized spacial score (nSPS) is 11.0. The molecular formula is C24H21N5OS. The molecule has 0 bridgehead atoms. The molecule has 154 valence electrons. The molecule has 1 heterocycles. The number of aryl methyl sites for hydroxylation is 1. The zero-order chi connectivity index (χ0) is 21.5. The van der Waals surface area contributed by atoms with Gasteiger partial charge in [0.05, 0.1) is 12.0 Å². The van der Waals surface area contributed by atoms with E-state index in [0.717, 1.165) is 28.2 Å². The van der Waals surface area contributed by atoms with Crippen molar-refractivity contribution in [2.75, 3.05) is 5.75 Å². The van der Waals surface area contributed by atoms with Crippen molar-refractivity contribution in [1.82, 2.24) is 20.2 Å². The third-order valence-corrected chi connectivity index (χ3v) is 5.52. The number of benzene rings is 3. The number of carbonyl (C=O) groups excluding carboxylic acids is 1. The highest BCUT2D eigenvalue weighted by atomic mass is 32.2. The fraction of sp³-hybridized carbons (Fsp3) is 0.0833. The summed E-state index contributed by atoms with van der Waals surface area (Å²) in [7, 11) is 0. The first-order valence-electron chi connectivity index (χ1n) is 9.79. The summed E-state index contributed by atoms with van der Waals surface area (Å²) in [5.74, 6) is 0.691. The average molecular weight is 428 g/mol. The minimum Gasteiger partial charge on any atom is -0.272 e. The fourth-order valence-corrected chi connectivity index (χ4v) is 3.76. The maximum Gasteiger partial charge on any atom is 0.250 e. The van der Waals surface area contributed by atoms with Gasteiger partial charge in [0.25, 0.3) is 5.91 Å². The SMILES string of the molecule is Cc1ccccc1C=NNC(=O)CSc1nnc(-c2ccccc2)n1-c1ccccc1. The Hall–Kier alpha value is -3.71. The zero-order valence-electron chi connectivity index (χ0n) is 17.0. The van der Waals surface area contributed by atoms with Gasteiger partial charge in [-0.2, -0.15) is 5.10 Å². The van der Waals surface area contributed by atoms with Gasteiger partial charge in [0.2, 0.25) is 0 Å². The molecule has 4 rings (SSSR count). The Balaban J connectivity index is 1.49. The fourth-order valence-electron chi connectivity index (χ4n) is 3.02. The zero-order valence-corrected chi connectivity index (χ0v) is 17.8. The Kier molecular flexibility index (Phi) is 6.54. The Bertz CT molecular complexity index is 1190. The highest BCUT2D eigenvalue weighted by Crippen LogP contribution is 2.27. The number of hydrogen-bond acceptors (Lipinski definition) is 5. The van der Waals surface area contributed by atoms with E-state index >= 15 is 0 Å². The predicted molar refractivity (Wildman–Crippen MR) is 124 cm³/mol. The molecule has 0 aliphatic carbocycles. The van der Waals surface area contributed by atoms with Gasteiger partial charge in [0, 0.05) is 11.3 Å². The molecule has 31 heavy (non-hydrogen) atoms. The summed E-state index contributed by atoms with van der Waals surface area (Å²) < 4.78 is 1.96. The van der Waals surface area contributed by atoms with E-state index in [4.69, 9.17) is 0 Å². The molecule has 7 heteroatoms. The summed E-state index contributed by atoms with van der Waals surface area (Å²) in [5.41, 5.74) is 6.53. The van der Waals surface area contributed by atoms with Gasteiger partial charge in [-0.3, -0.25) is 9.36 Å². The van der Waals surface area contributed by atoms with Gasteiger partial charge in [0.1, 0.15) is 0 Å². The van der Waals surface area contributed by atoms with Gasteiger partial charge in [0.15, 0.2) is 11.0 Å². The maximum atomic E-state index is 12.3. The smallest absolute Gasteiger partial charge is 0.250 e. The van der Waals surface area contributed by atoms with Gasteiger partial charge < -0.3 is 0 Å². The molecule has 0 spiro atoms. The Morgan fingerprint density at radius 1 is 0.968 bits per heavy atom. The molecule has 0 unspecified atom stereocenters. The number of hydrazone groups is 1. The van der Waals surface area contributed by atoms with Gasteiger partial charge in [-0.15, -0.1) is 10.2 Å². The van der Waals surface area contributed by atoms with E-state index in [1.165, 1.54) is 11.8 Å². The van der Waals surface area contributed by atoms with Crippen LogP contribution in [0.3, 0.4) is 0 Å². The van der Waals surface area contributed by atoms with E-state index in [0.29, 0.717) is 5.16 Å². The van der Waals surface area contributed by atoms with E-state index in [9.17, 15) is 4.79 Å². The van der Waals surface area contributed by atoms with Gasteiger partial charge in [-0.05, 0) is 30.2 Å². The second kappa shape index (κ2) is 9.86. The highest BCUT2D eigenvalue weighted by molar-refractivity contribution is 7.99. The quantitative estimate of drug-likeness (QED) is 0.268. The summed E-state index contributed by atoms with van der Waals surface area (Å²) >= 11 is 1.32. The second-order valence-corrected chi connectivity index (χ2v) is 7.72. The average Bonchev–Trinajstić information content (AvgIpc) is 3.24. The molecular weight excluding hydrogens is 406 g/mol. The van der Waals surface area contributed by atoms with Crippen molar-refractivity contribution < 1.29 is 4.79 Å². The third kappa shape index (κ3) is 5.07. The molecule has 0 fully saturated rings. The molecule has 0 atom stereocenters. The molecule has 0 radical (unpaired) electrons. The first-order valence-corrected chi connectivity index (χ1v) is 10.8. The van der Waals surface area contributed by atoms with Crippen molar-refractivity contribution in [3.63, 3.8) is 0 Å². The standard InChI is InChI=1S/C24H21N5OS/c1-18-10-8-9-13-20(18)16-25-26-22(30)17-31-24-28-27-23(19-11-4-2-5-12-19)29(24)21-14-6-3-7-15-21/h2-16H,17H2,1H3,(H,26,30). The van der Waals surface area contributed by atoms with E-state index in [1.54, 1.807) is 6.21 Å². The number of carbonyl (C=O) groups is 1. The molecule has 1 aromatic heterocycles. The van der Waals surface area contributed by atoms with Crippen molar-refractivity contribution in [2.45, 2.75) is 12.1 Å². The topological polar surface area (TPSA) is 72.2 Å². The minimum absolute atomic E-state index is 0.171. The lowest BCUT2D eigenvalue weighted by Gasteiger charge is -2.10. The van der Waals surface area contributed by atoms with Crippen molar-refractivity contribution in [3.05, 3.63) is 96.1 Å². The number of nitrogens with one attached hydrogen (secondary N) is 1. The van der Waals surface area contributed by atoms with Crippen LogP contribution in [-0.2, 0) is 4.79 Å². The molecule has 6 nitrogen and oxygen atoms in total. The number of aromatic nitrogens is 3. The van der Waals surface area contributed by atoms with Gasteiger partial charge in [-0.1, -0.05) is 84.6 Å².